The molecule has 5 rings (SSSR count). The summed E-state index contributed by atoms with van der Waals surface area (Å²) >= 11 is 19.3. The molecule has 0 saturated carbocycles. The van der Waals surface area contributed by atoms with Crippen LogP contribution in [-0.4, -0.2) is 42.2 Å². The molecule has 1 heterocycles. The van der Waals surface area contributed by atoms with Crippen LogP contribution in [0.5, 0.6) is 5.75 Å². The molecular formula is C34H31Cl3N2O4. The van der Waals surface area contributed by atoms with Crippen molar-refractivity contribution in [1.82, 2.24) is 5.32 Å². The van der Waals surface area contributed by atoms with Gasteiger partial charge in [-0.05, 0) is 60.0 Å². The Morgan fingerprint density at radius 2 is 1.67 bits per heavy atom. The lowest BCUT2D eigenvalue weighted by molar-refractivity contribution is -0.128. The van der Waals surface area contributed by atoms with Crippen LogP contribution in [0.3, 0.4) is 0 Å². The highest BCUT2D eigenvalue weighted by molar-refractivity contribution is 6.35. The van der Waals surface area contributed by atoms with Gasteiger partial charge >= 0.3 is 0 Å². The minimum atomic E-state index is -1.38. The quantitative estimate of drug-likeness (QED) is 0.160. The molecule has 1 aliphatic heterocycles. The van der Waals surface area contributed by atoms with Gasteiger partial charge in [-0.3, -0.25) is 4.79 Å². The number of benzene rings is 4. The summed E-state index contributed by atoms with van der Waals surface area (Å²) in [6, 6.07) is 29.7. The predicted octanol–water partition coefficient (Wildman–Crippen LogP) is 7.27. The van der Waals surface area contributed by atoms with E-state index in [-0.39, 0.29) is 18.9 Å². The maximum absolute atomic E-state index is 14.3. The second-order valence-electron chi connectivity index (χ2n) is 10.2. The van der Waals surface area contributed by atoms with Gasteiger partial charge in [-0.25, -0.2) is 4.99 Å². The van der Waals surface area contributed by atoms with E-state index >= 15 is 0 Å². The van der Waals surface area contributed by atoms with E-state index in [0.29, 0.717) is 63.8 Å². The van der Waals surface area contributed by atoms with Crippen LogP contribution in [0.4, 0.5) is 0 Å². The molecule has 4 aromatic rings. The SMILES string of the molecule is O=C(NCCc1ccccc1Cl)[C@]1(Cc2ccccc2)N=C(c2ccc(OCCCO)cc2)O[C@@H]1c1ccc(Cl)cc1Cl. The number of aliphatic hydroxyl groups is 1. The van der Waals surface area contributed by atoms with Crippen LogP contribution in [0.15, 0.2) is 102 Å². The first-order valence-electron chi connectivity index (χ1n) is 14.0. The lowest BCUT2D eigenvalue weighted by Gasteiger charge is -2.31. The number of halogens is 3. The Morgan fingerprint density at radius 3 is 2.40 bits per heavy atom. The molecule has 6 nitrogen and oxygen atoms in total. The fraction of sp³-hybridized carbons (Fsp3) is 0.235. The number of ether oxygens (including phenoxy) is 2. The van der Waals surface area contributed by atoms with Gasteiger partial charge in [0.2, 0.25) is 5.90 Å². The van der Waals surface area contributed by atoms with Gasteiger partial charge in [0.05, 0.1) is 6.61 Å². The van der Waals surface area contributed by atoms with E-state index in [1.807, 2.05) is 78.9 Å². The first-order chi connectivity index (χ1) is 20.9. The van der Waals surface area contributed by atoms with Gasteiger partial charge in [0.15, 0.2) is 11.6 Å². The molecule has 0 bridgehead atoms. The number of rotatable bonds is 12. The van der Waals surface area contributed by atoms with Crippen LogP contribution in [-0.2, 0) is 22.4 Å². The summed E-state index contributed by atoms with van der Waals surface area (Å²) in [7, 11) is 0. The van der Waals surface area contributed by atoms with Crippen LogP contribution in [0.2, 0.25) is 15.1 Å². The number of hydrogen-bond acceptors (Lipinski definition) is 5. The molecule has 1 aliphatic rings. The Labute approximate surface area is 266 Å². The van der Waals surface area contributed by atoms with Crippen molar-refractivity contribution in [2.45, 2.75) is 30.9 Å². The average Bonchev–Trinajstić information content (AvgIpc) is 3.39. The van der Waals surface area contributed by atoms with Gasteiger partial charge < -0.3 is 19.9 Å². The minimum absolute atomic E-state index is 0.0569. The molecule has 0 unspecified atom stereocenters. The van der Waals surface area contributed by atoms with E-state index in [2.05, 4.69) is 5.32 Å². The number of carbonyl (C=O) groups is 1. The van der Waals surface area contributed by atoms with Crippen molar-refractivity contribution in [2.75, 3.05) is 19.8 Å². The second kappa shape index (κ2) is 14.3. The van der Waals surface area contributed by atoms with Gasteiger partial charge in [0.25, 0.3) is 5.91 Å². The van der Waals surface area contributed by atoms with Crippen LogP contribution in [0.25, 0.3) is 0 Å². The highest BCUT2D eigenvalue weighted by atomic mass is 35.5. The summed E-state index contributed by atoms with van der Waals surface area (Å²) < 4.78 is 12.2. The van der Waals surface area contributed by atoms with Crippen molar-refractivity contribution in [3.8, 4) is 5.75 Å². The zero-order valence-corrected chi connectivity index (χ0v) is 25.6. The van der Waals surface area contributed by atoms with Gasteiger partial charge in [-0.1, -0.05) is 89.4 Å². The number of nitrogens with zero attached hydrogens (tertiary/aromatic N) is 1. The average molecular weight is 638 g/mol. The van der Waals surface area contributed by atoms with Crippen molar-refractivity contribution in [3.63, 3.8) is 0 Å². The fourth-order valence-electron chi connectivity index (χ4n) is 5.05. The molecular weight excluding hydrogens is 607 g/mol. The highest BCUT2D eigenvalue weighted by Gasteiger charge is 2.53. The van der Waals surface area contributed by atoms with E-state index < -0.39 is 11.6 Å². The molecule has 2 N–H and O–H groups in total. The minimum Gasteiger partial charge on any atom is -0.494 e. The fourth-order valence-corrected chi connectivity index (χ4v) is 5.78. The Hall–Kier alpha value is -3.55. The van der Waals surface area contributed by atoms with Crippen LogP contribution >= 0.6 is 34.8 Å². The molecule has 2 atom stereocenters. The molecule has 0 saturated heterocycles. The molecule has 43 heavy (non-hydrogen) atoms. The lowest BCUT2D eigenvalue weighted by atomic mass is 9.82. The largest absolute Gasteiger partial charge is 0.494 e. The molecule has 0 aliphatic carbocycles. The van der Waals surface area contributed by atoms with E-state index in [9.17, 15) is 4.79 Å². The van der Waals surface area contributed by atoms with Crippen molar-refractivity contribution in [1.29, 1.82) is 0 Å². The monoisotopic (exact) mass is 636 g/mol. The number of nitrogens with one attached hydrogen (secondary N) is 1. The molecule has 4 aromatic carbocycles. The predicted molar refractivity (Wildman–Crippen MR) is 172 cm³/mol. The van der Waals surface area contributed by atoms with Crippen LogP contribution in [0, 0.1) is 0 Å². The zero-order valence-electron chi connectivity index (χ0n) is 23.3. The number of hydrogen-bond donors (Lipinski definition) is 2. The smallest absolute Gasteiger partial charge is 0.252 e. The molecule has 1 amide bonds. The summed E-state index contributed by atoms with van der Waals surface area (Å²) in [6.45, 7) is 0.811. The number of carbonyl (C=O) groups excluding carboxylic acids is 1. The number of aliphatic hydroxyl groups excluding tert-OH is 1. The van der Waals surface area contributed by atoms with E-state index in [1.54, 1.807) is 18.2 Å². The normalized spacial score (nSPS) is 17.7. The Morgan fingerprint density at radius 1 is 0.930 bits per heavy atom. The first-order valence-corrected chi connectivity index (χ1v) is 15.1. The van der Waals surface area contributed by atoms with Gasteiger partial charge in [-0.15, -0.1) is 0 Å². The van der Waals surface area contributed by atoms with Crippen LogP contribution < -0.4 is 10.1 Å². The molecule has 0 aromatic heterocycles. The second-order valence-corrected chi connectivity index (χ2v) is 11.5. The molecule has 9 heteroatoms. The highest BCUT2D eigenvalue weighted by Crippen LogP contribution is 2.45. The van der Waals surface area contributed by atoms with Crippen molar-refractivity contribution < 1.29 is 19.4 Å². The third-order valence-electron chi connectivity index (χ3n) is 7.23. The van der Waals surface area contributed by atoms with Crippen molar-refractivity contribution >= 4 is 46.6 Å². The Kier molecular flexibility index (Phi) is 10.3. The van der Waals surface area contributed by atoms with Crippen molar-refractivity contribution in [3.05, 3.63) is 134 Å². The van der Waals surface area contributed by atoms with Crippen LogP contribution in [0.1, 0.15) is 34.8 Å². The molecule has 0 spiro atoms. The van der Waals surface area contributed by atoms with E-state index in [1.165, 1.54) is 0 Å². The molecule has 0 radical (unpaired) electrons. The summed E-state index contributed by atoms with van der Waals surface area (Å²) in [4.78, 5) is 19.4. The summed E-state index contributed by atoms with van der Waals surface area (Å²) in [5.41, 5.74) is 1.76. The summed E-state index contributed by atoms with van der Waals surface area (Å²) in [5.74, 6) is 0.675. The molecule has 222 valence electrons. The standard InChI is InChI=1S/C34H31Cl3N2O4/c35-26-13-16-28(30(37)21-26)31-34(22-23-7-2-1-3-8-23,33(41)38-18-17-24-9-4-5-10-29(24)36)39-32(43-31)25-11-14-27(15-12-25)42-20-6-19-40/h1-5,7-16,21,31,40H,6,17-20,22H2,(H,38,41)/t31-,34-/m1/s1. The number of aliphatic imine (C=N–C) groups is 1. The van der Waals surface area contributed by atoms with E-state index in [0.717, 1.165) is 11.1 Å². The van der Waals surface area contributed by atoms with Gasteiger partial charge in [0, 0.05) is 52.2 Å². The lowest BCUT2D eigenvalue weighted by Crippen LogP contribution is -2.50. The van der Waals surface area contributed by atoms with Gasteiger partial charge in [-0.2, -0.15) is 0 Å². The molecule has 0 fully saturated rings. The van der Waals surface area contributed by atoms with Gasteiger partial charge in [0.1, 0.15) is 5.75 Å². The van der Waals surface area contributed by atoms with Crippen molar-refractivity contribution in [2.24, 2.45) is 4.99 Å². The maximum Gasteiger partial charge on any atom is 0.252 e. The topological polar surface area (TPSA) is 80.2 Å². The third-order valence-corrected chi connectivity index (χ3v) is 8.16. The Bertz CT molecular complexity index is 1580. The first kappa shape index (κ1) is 30.9. The Balaban J connectivity index is 1.53. The summed E-state index contributed by atoms with van der Waals surface area (Å²) in [5, 5.41) is 13.6. The zero-order chi connectivity index (χ0) is 30.2. The maximum atomic E-state index is 14.3. The third kappa shape index (κ3) is 7.34. The van der Waals surface area contributed by atoms with E-state index in [4.69, 9.17) is 54.4 Å². The number of amides is 1. The summed E-state index contributed by atoms with van der Waals surface area (Å²) in [6.07, 6.45) is 0.512.